The maximum absolute atomic E-state index is 12.3. The third-order valence-corrected chi connectivity index (χ3v) is 3.64. The zero-order chi connectivity index (χ0) is 13.0. The van der Waals surface area contributed by atoms with Gasteiger partial charge in [-0.15, -0.1) is 0 Å². The molecule has 1 aliphatic rings. The summed E-state index contributed by atoms with van der Waals surface area (Å²) in [5.74, 6) is 0.782. The lowest BCUT2D eigenvalue weighted by Crippen LogP contribution is -2.32. The molecule has 0 radical (unpaired) electrons. The minimum Gasteiger partial charge on any atom is -0.313 e. The number of amides is 1. The van der Waals surface area contributed by atoms with Gasteiger partial charge in [0, 0.05) is 25.2 Å². The molecule has 2 rings (SSSR count). The summed E-state index contributed by atoms with van der Waals surface area (Å²) < 4.78 is 0. The van der Waals surface area contributed by atoms with E-state index in [0.717, 1.165) is 31.7 Å². The van der Waals surface area contributed by atoms with Crippen LogP contribution >= 0.6 is 0 Å². The van der Waals surface area contributed by atoms with Crippen LogP contribution in [0.1, 0.15) is 19.8 Å². The van der Waals surface area contributed by atoms with Crippen LogP contribution in [0.5, 0.6) is 0 Å². The lowest BCUT2D eigenvalue weighted by atomic mass is 10.0. The fraction of sp³-hybridized carbons (Fsp3) is 0.533. The molecular formula is C15H22N2O. The van der Waals surface area contributed by atoms with Crippen molar-refractivity contribution in [3.63, 3.8) is 0 Å². The van der Waals surface area contributed by atoms with Gasteiger partial charge in [0.1, 0.15) is 0 Å². The Morgan fingerprint density at radius 1 is 1.39 bits per heavy atom. The first-order chi connectivity index (χ1) is 8.70. The van der Waals surface area contributed by atoms with Crippen LogP contribution in [0.3, 0.4) is 0 Å². The van der Waals surface area contributed by atoms with Gasteiger partial charge in [0.25, 0.3) is 0 Å². The van der Waals surface area contributed by atoms with E-state index in [1.807, 2.05) is 42.2 Å². The second-order valence-electron chi connectivity index (χ2n) is 5.09. The molecule has 1 unspecified atom stereocenters. The highest BCUT2D eigenvalue weighted by atomic mass is 16.2. The number of benzene rings is 1. The second-order valence-corrected chi connectivity index (χ2v) is 5.09. The second kappa shape index (κ2) is 6.01. The molecule has 0 saturated carbocycles. The smallest absolute Gasteiger partial charge is 0.227 e. The highest BCUT2D eigenvalue weighted by Gasteiger charge is 2.24. The van der Waals surface area contributed by atoms with Gasteiger partial charge in [0.2, 0.25) is 5.91 Å². The van der Waals surface area contributed by atoms with Crippen LogP contribution in [0.2, 0.25) is 0 Å². The van der Waals surface area contributed by atoms with Crippen molar-refractivity contribution in [2.45, 2.75) is 19.8 Å². The van der Waals surface area contributed by atoms with Gasteiger partial charge in [0.05, 0.1) is 0 Å². The summed E-state index contributed by atoms with van der Waals surface area (Å²) in [6.45, 7) is 4.95. The van der Waals surface area contributed by atoms with Crippen LogP contribution in [-0.2, 0) is 4.79 Å². The molecule has 3 nitrogen and oxygen atoms in total. The average Bonchev–Trinajstić information content (AvgIpc) is 2.77. The summed E-state index contributed by atoms with van der Waals surface area (Å²) in [7, 11) is 2.12. The quantitative estimate of drug-likeness (QED) is 0.814. The Kier molecular flexibility index (Phi) is 4.37. The predicted molar refractivity (Wildman–Crippen MR) is 74.7 cm³/mol. The normalized spacial score (nSPS) is 20.0. The van der Waals surface area contributed by atoms with E-state index < -0.39 is 0 Å². The van der Waals surface area contributed by atoms with Gasteiger partial charge in [-0.2, -0.15) is 0 Å². The number of likely N-dealkylation sites (tertiary alicyclic amines) is 1. The summed E-state index contributed by atoms with van der Waals surface area (Å²) in [6, 6.07) is 9.95. The molecule has 3 heteroatoms. The number of anilines is 1. The van der Waals surface area contributed by atoms with Crippen molar-refractivity contribution in [3.8, 4) is 0 Å². The molecule has 0 aliphatic carbocycles. The summed E-state index contributed by atoms with van der Waals surface area (Å²) >= 11 is 0. The van der Waals surface area contributed by atoms with Crippen LogP contribution in [0.4, 0.5) is 5.69 Å². The van der Waals surface area contributed by atoms with Crippen molar-refractivity contribution in [2.75, 3.05) is 31.6 Å². The molecule has 1 aromatic rings. The van der Waals surface area contributed by atoms with Gasteiger partial charge in [-0.05, 0) is 45.0 Å². The fourth-order valence-electron chi connectivity index (χ4n) is 2.66. The Bertz CT molecular complexity index is 391. The molecule has 1 aromatic carbocycles. The Balaban J connectivity index is 1.98. The Morgan fingerprint density at radius 2 is 2.11 bits per heavy atom. The van der Waals surface area contributed by atoms with E-state index in [1.165, 1.54) is 0 Å². The molecule has 1 amide bonds. The topological polar surface area (TPSA) is 23.6 Å². The first-order valence-corrected chi connectivity index (χ1v) is 6.74. The number of carbonyl (C=O) groups excluding carboxylic acids is 1. The average molecular weight is 246 g/mol. The molecule has 1 saturated heterocycles. The van der Waals surface area contributed by atoms with Gasteiger partial charge in [0.15, 0.2) is 0 Å². The molecule has 1 atom stereocenters. The number of hydrogen-bond acceptors (Lipinski definition) is 2. The predicted octanol–water partition coefficient (Wildman–Crippen LogP) is 2.38. The fourth-order valence-corrected chi connectivity index (χ4v) is 2.66. The zero-order valence-corrected chi connectivity index (χ0v) is 11.3. The van der Waals surface area contributed by atoms with E-state index in [0.29, 0.717) is 12.3 Å². The lowest BCUT2D eigenvalue weighted by Gasteiger charge is -2.22. The molecule has 0 N–H and O–H groups in total. The SMILES string of the molecule is CCN(C(=O)CC1CCN(C)C1)c1ccccc1. The molecule has 1 heterocycles. The number of rotatable bonds is 4. The van der Waals surface area contributed by atoms with Gasteiger partial charge in [-0.3, -0.25) is 4.79 Å². The Labute approximate surface area is 109 Å². The first-order valence-electron chi connectivity index (χ1n) is 6.74. The van der Waals surface area contributed by atoms with Crippen LogP contribution in [0.15, 0.2) is 30.3 Å². The van der Waals surface area contributed by atoms with Crippen LogP contribution < -0.4 is 4.90 Å². The standard InChI is InChI=1S/C15H22N2O/c1-3-17(14-7-5-4-6-8-14)15(18)11-13-9-10-16(2)12-13/h4-8,13H,3,9-12H2,1-2H3. The molecule has 0 bridgehead atoms. The summed E-state index contributed by atoms with van der Waals surface area (Å²) in [5, 5.41) is 0. The molecule has 0 spiro atoms. The summed E-state index contributed by atoms with van der Waals surface area (Å²) in [6.07, 6.45) is 1.82. The third kappa shape index (κ3) is 3.10. The van der Waals surface area contributed by atoms with Gasteiger partial charge >= 0.3 is 0 Å². The molecule has 1 fully saturated rings. The van der Waals surface area contributed by atoms with E-state index in [1.54, 1.807) is 0 Å². The van der Waals surface area contributed by atoms with Crippen molar-refractivity contribution < 1.29 is 4.79 Å². The number of hydrogen-bond donors (Lipinski definition) is 0. The maximum Gasteiger partial charge on any atom is 0.227 e. The zero-order valence-electron chi connectivity index (χ0n) is 11.3. The number of nitrogens with zero attached hydrogens (tertiary/aromatic N) is 2. The highest BCUT2D eigenvalue weighted by Crippen LogP contribution is 2.21. The summed E-state index contributed by atoms with van der Waals surface area (Å²) in [4.78, 5) is 16.5. The van der Waals surface area contributed by atoms with E-state index in [4.69, 9.17) is 0 Å². The van der Waals surface area contributed by atoms with Crippen molar-refractivity contribution in [2.24, 2.45) is 5.92 Å². The maximum atomic E-state index is 12.3. The summed E-state index contributed by atoms with van der Waals surface area (Å²) in [5.41, 5.74) is 1.01. The van der Waals surface area contributed by atoms with Crippen molar-refractivity contribution in [3.05, 3.63) is 30.3 Å². The largest absolute Gasteiger partial charge is 0.313 e. The van der Waals surface area contributed by atoms with Gasteiger partial charge in [-0.1, -0.05) is 18.2 Å². The van der Waals surface area contributed by atoms with Crippen molar-refractivity contribution in [1.82, 2.24) is 4.90 Å². The first kappa shape index (κ1) is 13.1. The van der Waals surface area contributed by atoms with Gasteiger partial charge < -0.3 is 9.80 Å². The van der Waals surface area contributed by atoms with E-state index in [2.05, 4.69) is 11.9 Å². The van der Waals surface area contributed by atoms with Crippen molar-refractivity contribution in [1.29, 1.82) is 0 Å². The number of para-hydroxylation sites is 1. The monoisotopic (exact) mass is 246 g/mol. The molecule has 1 aliphatic heterocycles. The van der Waals surface area contributed by atoms with E-state index in [9.17, 15) is 4.79 Å². The van der Waals surface area contributed by atoms with Crippen LogP contribution in [0.25, 0.3) is 0 Å². The van der Waals surface area contributed by atoms with Crippen LogP contribution in [0, 0.1) is 5.92 Å². The van der Waals surface area contributed by atoms with E-state index in [-0.39, 0.29) is 5.91 Å². The Morgan fingerprint density at radius 3 is 2.67 bits per heavy atom. The number of carbonyl (C=O) groups is 1. The van der Waals surface area contributed by atoms with Gasteiger partial charge in [-0.25, -0.2) is 0 Å². The van der Waals surface area contributed by atoms with Crippen LogP contribution in [-0.4, -0.2) is 37.5 Å². The molecule has 18 heavy (non-hydrogen) atoms. The third-order valence-electron chi connectivity index (χ3n) is 3.64. The molecule has 0 aromatic heterocycles. The lowest BCUT2D eigenvalue weighted by molar-refractivity contribution is -0.119. The highest BCUT2D eigenvalue weighted by molar-refractivity contribution is 5.93. The Hall–Kier alpha value is -1.35. The molecule has 98 valence electrons. The minimum atomic E-state index is 0.254. The van der Waals surface area contributed by atoms with Crippen molar-refractivity contribution >= 4 is 11.6 Å². The molecular weight excluding hydrogens is 224 g/mol. The minimum absolute atomic E-state index is 0.254. The van der Waals surface area contributed by atoms with E-state index >= 15 is 0 Å².